The van der Waals surface area contributed by atoms with Crippen LogP contribution < -0.4 is 5.32 Å². The van der Waals surface area contributed by atoms with E-state index in [1.165, 1.54) is 13.2 Å². The molecule has 1 N–H and O–H groups in total. The van der Waals surface area contributed by atoms with E-state index in [1.54, 1.807) is 10.9 Å². The molecule has 1 aromatic rings. The Kier molecular flexibility index (Phi) is 4.57. The highest BCUT2D eigenvalue weighted by atomic mass is 16.5. The van der Waals surface area contributed by atoms with Crippen LogP contribution in [0.5, 0.6) is 0 Å². The Bertz CT molecular complexity index is 383. The largest absolute Gasteiger partial charge is 0.466 e. The lowest BCUT2D eigenvalue weighted by atomic mass is 10.2. The summed E-state index contributed by atoms with van der Waals surface area (Å²) in [6.07, 6.45) is 5.80. The Labute approximate surface area is 95.1 Å². The van der Waals surface area contributed by atoms with Gasteiger partial charge in [-0.05, 0) is 6.42 Å². The van der Waals surface area contributed by atoms with Crippen molar-refractivity contribution in [3.05, 3.63) is 29.7 Å². The summed E-state index contributed by atoms with van der Waals surface area (Å²) in [4.78, 5) is 10.8. The van der Waals surface area contributed by atoms with Crippen molar-refractivity contribution in [2.75, 3.05) is 7.11 Å². The molecular weight excluding hydrogens is 206 g/mol. The lowest BCUT2D eigenvalue weighted by Crippen LogP contribution is -2.07. The molecule has 0 bridgehead atoms. The van der Waals surface area contributed by atoms with Gasteiger partial charge in [-0.15, -0.1) is 0 Å². The normalized spacial score (nSPS) is 10.7. The monoisotopic (exact) mass is 223 g/mol. The third-order valence-corrected chi connectivity index (χ3v) is 2.16. The van der Waals surface area contributed by atoms with Crippen LogP contribution in [0.25, 0.3) is 0 Å². The van der Waals surface area contributed by atoms with E-state index in [9.17, 15) is 4.79 Å². The van der Waals surface area contributed by atoms with Crippen molar-refractivity contribution in [2.45, 2.75) is 19.9 Å². The van der Waals surface area contributed by atoms with Crippen molar-refractivity contribution in [3.63, 3.8) is 0 Å². The number of hydrogen-bond donors (Lipinski definition) is 1. The van der Waals surface area contributed by atoms with E-state index >= 15 is 0 Å². The van der Waals surface area contributed by atoms with Crippen molar-refractivity contribution >= 4 is 5.97 Å². The molecular formula is C11H17N3O2. The first-order valence-corrected chi connectivity index (χ1v) is 5.16. The van der Waals surface area contributed by atoms with E-state index in [2.05, 4.69) is 22.1 Å². The average Bonchev–Trinajstić information content (AvgIpc) is 2.64. The van der Waals surface area contributed by atoms with E-state index in [1.807, 2.05) is 13.2 Å². The average molecular weight is 223 g/mol. The first-order chi connectivity index (χ1) is 7.67. The van der Waals surface area contributed by atoms with Gasteiger partial charge in [-0.2, -0.15) is 5.10 Å². The molecule has 0 aliphatic rings. The predicted molar refractivity (Wildman–Crippen MR) is 60.6 cm³/mol. The number of methoxy groups -OCH3 is 1. The van der Waals surface area contributed by atoms with Gasteiger partial charge in [-0.25, -0.2) is 4.79 Å². The summed E-state index contributed by atoms with van der Waals surface area (Å²) in [6, 6.07) is 0. The van der Waals surface area contributed by atoms with Gasteiger partial charge in [0, 0.05) is 37.6 Å². The topological polar surface area (TPSA) is 56.2 Å². The summed E-state index contributed by atoms with van der Waals surface area (Å²) in [7, 11) is 3.25. The van der Waals surface area contributed by atoms with Crippen LogP contribution in [0.15, 0.2) is 18.5 Å². The van der Waals surface area contributed by atoms with Gasteiger partial charge in [0.25, 0.3) is 0 Å². The highest BCUT2D eigenvalue weighted by molar-refractivity contribution is 5.81. The van der Waals surface area contributed by atoms with Crippen LogP contribution in [-0.4, -0.2) is 22.9 Å². The Balaban J connectivity index is 2.48. The van der Waals surface area contributed by atoms with Gasteiger partial charge in [0.2, 0.25) is 0 Å². The van der Waals surface area contributed by atoms with Crippen LogP contribution in [0.2, 0.25) is 0 Å². The molecule has 0 fully saturated rings. The zero-order chi connectivity index (χ0) is 12.0. The smallest absolute Gasteiger partial charge is 0.331 e. The fraction of sp³-hybridized carbons (Fsp3) is 0.455. The Morgan fingerprint density at radius 1 is 1.69 bits per heavy atom. The van der Waals surface area contributed by atoms with E-state index < -0.39 is 0 Å². The van der Waals surface area contributed by atoms with Crippen LogP contribution in [0.3, 0.4) is 0 Å². The summed E-state index contributed by atoms with van der Waals surface area (Å²) in [6.45, 7) is 2.72. The van der Waals surface area contributed by atoms with Gasteiger partial charge < -0.3 is 10.1 Å². The first kappa shape index (κ1) is 12.3. The van der Waals surface area contributed by atoms with Crippen LogP contribution in [0.4, 0.5) is 0 Å². The lowest BCUT2D eigenvalue weighted by Gasteiger charge is -1.99. The Hall–Kier alpha value is -1.78. The molecule has 0 aromatic carbocycles. The van der Waals surface area contributed by atoms with Gasteiger partial charge in [-0.1, -0.05) is 6.92 Å². The number of nitrogens with zero attached hydrogens (tertiary/aromatic N) is 2. The zero-order valence-corrected chi connectivity index (χ0v) is 9.86. The molecule has 5 heteroatoms. The number of nitrogens with one attached hydrogen (secondary N) is 1. The van der Waals surface area contributed by atoms with Crippen molar-refractivity contribution in [3.8, 4) is 0 Å². The second-order valence-electron chi connectivity index (χ2n) is 3.37. The van der Waals surface area contributed by atoms with Gasteiger partial charge in [0.05, 0.1) is 12.8 Å². The molecule has 0 amide bonds. The number of hydrogen-bond acceptors (Lipinski definition) is 4. The maximum Gasteiger partial charge on any atom is 0.331 e. The maximum absolute atomic E-state index is 10.8. The van der Waals surface area contributed by atoms with Crippen molar-refractivity contribution in [2.24, 2.45) is 7.05 Å². The molecule has 0 aliphatic heterocycles. The zero-order valence-electron chi connectivity index (χ0n) is 9.86. The second kappa shape index (κ2) is 5.95. The summed E-state index contributed by atoms with van der Waals surface area (Å²) in [5.41, 5.74) is 2.21. The molecule has 0 aliphatic carbocycles. The fourth-order valence-corrected chi connectivity index (χ4v) is 1.39. The lowest BCUT2D eigenvalue weighted by molar-refractivity contribution is -0.134. The van der Waals surface area contributed by atoms with Crippen LogP contribution in [-0.2, 0) is 29.5 Å². The highest BCUT2D eigenvalue weighted by Crippen LogP contribution is 2.06. The molecule has 0 saturated heterocycles. The second-order valence-corrected chi connectivity index (χ2v) is 3.37. The van der Waals surface area contributed by atoms with Crippen LogP contribution >= 0.6 is 0 Å². The van der Waals surface area contributed by atoms with E-state index in [4.69, 9.17) is 0 Å². The Morgan fingerprint density at radius 2 is 2.44 bits per heavy atom. The number of rotatable bonds is 5. The highest BCUT2D eigenvalue weighted by Gasteiger charge is 2.03. The van der Waals surface area contributed by atoms with Crippen molar-refractivity contribution in [1.29, 1.82) is 0 Å². The minimum atomic E-state index is -0.366. The van der Waals surface area contributed by atoms with Gasteiger partial charge >= 0.3 is 5.97 Å². The molecule has 0 saturated carbocycles. The number of esters is 1. The molecule has 0 spiro atoms. The van der Waals surface area contributed by atoms with Gasteiger partial charge in [0.15, 0.2) is 0 Å². The van der Waals surface area contributed by atoms with Crippen LogP contribution in [0, 0.1) is 0 Å². The predicted octanol–water partition coefficient (Wildman–Crippen LogP) is 0.759. The third kappa shape index (κ3) is 3.42. The fourth-order valence-electron chi connectivity index (χ4n) is 1.39. The molecule has 16 heavy (non-hydrogen) atoms. The SMILES string of the molecule is CCc1nn(C)cc1CN/C=C/C(=O)OC. The molecule has 0 atom stereocenters. The molecule has 0 unspecified atom stereocenters. The van der Waals surface area contributed by atoms with E-state index in [0.29, 0.717) is 6.54 Å². The first-order valence-electron chi connectivity index (χ1n) is 5.16. The quantitative estimate of drug-likeness (QED) is 0.591. The summed E-state index contributed by atoms with van der Waals surface area (Å²) in [5, 5.41) is 7.34. The summed E-state index contributed by atoms with van der Waals surface area (Å²) >= 11 is 0. The number of carbonyl (C=O) groups excluding carboxylic acids is 1. The number of ether oxygens (including phenoxy) is 1. The number of aryl methyl sites for hydroxylation is 2. The van der Waals surface area contributed by atoms with E-state index in [0.717, 1.165) is 17.7 Å². The van der Waals surface area contributed by atoms with Gasteiger partial charge in [0.1, 0.15) is 0 Å². The molecule has 88 valence electrons. The number of aromatic nitrogens is 2. The van der Waals surface area contributed by atoms with Crippen molar-refractivity contribution < 1.29 is 9.53 Å². The molecule has 1 heterocycles. The van der Waals surface area contributed by atoms with Gasteiger partial charge in [-0.3, -0.25) is 4.68 Å². The van der Waals surface area contributed by atoms with E-state index in [-0.39, 0.29) is 5.97 Å². The maximum atomic E-state index is 10.8. The minimum Gasteiger partial charge on any atom is -0.466 e. The molecule has 1 aromatic heterocycles. The third-order valence-electron chi connectivity index (χ3n) is 2.16. The minimum absolute atomic E-state index is 0.366. The summed E-state index contributed by atoms with van der Waals surface area (Å²) < 4.78 is 6.26. The number of carbonyl (C=O) groups is 1. The molecule has 1 rings (SSSR count). The summed E-state index contributed by atoms with van der Waals surface area (Å²) in [5.74, 6) is -0.366. The molecule has 0 radical (unpaired) electrons. The van der Waals surface area contributed by atoms with Crippen molar-refractivity contribution in [1.82, 2.24) is 15.1 Å². The molecule has 5 nitrogen and oxygen atoms in total. The standard InChI is InChI=1S/C11H17N3O2/c1-4-10-9(8-14(2)13-10)7-12-6-5-11(15)16-3/h5-6,8,12H,4,7H2,1-3H3/b6-5+. The Morgan fingerprint density at radius 3 is 3.06 bits per heavy atom. The van der Waals surface area contributed by atoms with Crippen LogP contribution in [0.1, 0.15) is 18.2 Å².